The third-order valence-electron chi connectivity index (χ3n) is 2.95. The second-order valence-corrected chi connectivity index (χ2v) is 4.22. The van der Waals surface area contributed by atoms with E-state index in [1.54, 1.807) is 25.0 Å². The SMILES string of the molecule is C=CCN1Cc2cccc(OC)c2O[C@H](C)C1=O. The molecule has 2 rings (SSSR count). The lowest BCUT2D eigenvalue weighted by atomic mass is 10.1. The van der Waals surface area contributed by atoms with Crippen LogP contribution in [-0.2, 0) is 11.3 Å². The van der Waals surface area contributed by atoms with Gasteiger partial charge in [-0.25, -0.2) is 0 Å². The number of nitrogens with zero attached hydrogens (tertiary/aromatic N) is 1. The molecule has 1 aromatic rings. The van der Waals surface area contributed by atoms with Crippen molar-refractivity contribution in [2.75, 3.05) is 13.7 Å². The number of hydrogen-bond acceptors (Lipinski definition) is 3. The van der Waals surface area contributed by atoms with E-state index >= 15 is 0 Å². The number of amides is 1. The Morgan fingerprint density at radius 1 is 1.61 bits per heavy atom. The average Bonchev–Trinajstić information content (AvgIpc) is 2.49. The van der Waals surface area contributed by atoms with Crippen LogP contribution in [0, 0.1) is 0 Å². The highest BCUT2D eigenvalue weighted by atomic mass is 16.5. The second-order valence-electron chi connectivity index (χ2n) is 4.22. The lowest BCUT2D eigenvalue weighted by Gasteiger charge is -2.20. The number of para-hydroxylation sites is 1. The van der Waals surface area contributed by atoms with Gasteiger partial charge in [0.2, 0.25) is 0 Å². The molecule has 0 aromatic heterocycles. The Hall–Kier alpha value is -1.97. The highest BCUT2D eigenvalue weighted by Gasteiger charge is 2.28. The molecule has 1 aliphatic rings. The molecule has 1 heterocycles. The van der Waals surface area contributed by atoms with E-state index in [0.29, 0.717) is 24.6 Å². The average molecular weight is 247 g/mol. The summed E-state index contributed by atoms with van der Waals surface area (Å²) < 4.78 is 11.0. The van der Waals surface area contributed by atoms with E-state index in [0.717, 1.165) is 5.56 Å². The van der Waals surface area contributed by atoms with Crippen molar-refractivity contribution in [3.63, 3.8) is 0 Å². The summed E-state index contributed by atoms with van der Waals surface area (Å²) in [6.45, 7) is 6.46. The maximum Gasteiger partial charge on any atom is 0.263 e. The molecule has 18 heavy (non-hydrogen) atoms. The van der Waals surface area contributed by atoms with Gasteiger partial charge in [0.05, 0.1) is 7.11 Å². The molecule has 0 fully saturated rings. The molecular weight excluding hydrogens is 230 g/mol. The minimum absolute atomic E-state index is 0.0341. The van der Waals surface area contributed by atoms with E-state index in [2.05, 4.69) is 6.58 Å². The fraction of sp³-hybridized carbons (Fsp3) is 0.357. The van der Waals surface area contributed by atoms with E-state index in [1.165, 1.54) is 0 Å². The molecule has 4 nitrogen and oxygen atoms in total. The molecule has 0 radical (unpaired) electrons. The molecule has 0 bridgehead atoms. The first-order chi connectivity index (χ1) is 8.67. The van der Waals surface area contributed by atoms with E-state index in [-0.39, 0.29) is 5.91 Å². The fourth-order valence-electron chi connectivity index (χ4n) is 2.06. The maximum absolute atomic E-state index is 12.1. The first-order valence-corrected chi connectivity index (χ1v) is 5.89. The molecular formula is C14H17NO3. The normalized spacial score (nSPS) is 18.7. The number of hydrogen-bond donors (Lipinski definition) is 0. The molecule has 96 valence electrons. The maximum atomic E-state index is 12.1. The molecule has 0 N–H and O–H groups in total. The zero-order valence-corrected chi connectivity index (χ0v) is 10.7. The van der Waals surface area contributed by atoms with Gasteiger partial charge < -0.3 is 14.4 Å². The van der Waals surface area contributed by atoms with Gasteiger partial charge in [-0.05, 0) is 13.0 Å². The second kappa shape index (κ2) is 5.12. The Kier molecular flexibility index (Phi) is 3.55. The van der Waals surface area contributed by atoms with Gasteiger partial charge in [0.1, 0.15) is 0 Å². The van der Waals surface area contributed by atoms with Gasteiger partial charge in [-0.15, -0.1) is 6.58 Å². The number of ether oxygens (including phenoxy) is 2. The van der Waals surface area contributed by atoms with Crippen LogP contribution >= 0.6 is 0 Å². The molecule has 0 spiro atoms. The molecule has 1 amide bonds. The molecule has 0 unspecified atom stereocenters. The molecule has 0 saturated carbocycles. The van der Waals surface area contributed by atoms with E-state index < -0.39 is 6.10 Å². The number of fused-ring (bicyclic) bond motifs is 1. The number of benzene rings is 1. The smallest absolute Gasteiger partial charge is 0.263 e. The standard InChI is InChI=1S/C14H17NO3/c1-4-8-15-9-11-6-5-7-12(17-3)13(11)18-10(2)14(15)16/h4-7,10H,1,8-9H2,2-3H3/t10-/m1/s1. The van der Waals surface area contributed by atoms with Crippen molar-refractivity contribution < 1.29 is 14.3 Å². The van der Waals surface area contributed by atoms with Crippen LogP contribution in [0.5, 0.6) is 11.5 Å². The van der Waals surface area contributed by atoms with Crippen LogP contribution in [0.2, 0.25) is 0 Å². The van der Waals surface area contributed by atoms with Crippen LogP contribution in [0.4, 0.5) is 0 Å². The predicted molar refractivity (Wildman–Crippen MR) is 68.7 cm³/mol. The van der Waals surface area contributed by atoms with Gasteiger partial charge in [0.15, 0.2) is 17.6 Å². The molecule has 4 heteroatoms. The first-order valence-electron chi connectivity index (χ1n) is 5.89. The minimum atomic E-state index is -0.512. The van der Waals surface area contributed by atoms with Crippen LogP contribution < -0.4 is 9.47 Å². The van der Waals surface area contributed by atoms with Crippen molar-refractivity contribution in [3.05, 3.63) is 36.4 Å². The van der Waals surface area contributed by atoms with Crippen molar-refractivity contribution in [1.82, 2.24) is 4.90 Å². The number of carbonyl (C=O) groups is 1. The highest BCUT2D eigenvalue weighted by Crippen LogP contribution is 2.34. The summed E-state index contributed by atoms with van der Waals surface area (Å²) in [5.41, 5.74) is 0.953. The molecule has 0 aliphatic carbocycles. The van der Waals surface area contributed by atoms with E-state index in [4.69, 9.17) is 9.47 Å². The topological polar surface area (TPSA) is 38.8 Å². The Morgan fingerprint density at radius 3 is 3.06 bits per heavy atom. The zero-order valence-electron chi connectivity index (χ0n) is 10.7. The minimum Gasteiger partial charge on any atom is -0.493 e. The van der Waals surface area contributed by atoms with Crippen molar-refractivity contribution in [2.24, 2.45) is 0 Å². The lowest BCUT2D eigenvalue weighted by Crippen LogP contribution is -2.37. The van der Waals surface area contributed by atoms with Crippen LogP contribution in [-0.4, -0.2) is 30.6 Å². The van der Waals surface area contributed by atoms with Crippen molar-refractivity contribution in [3.8, 4) is 11.5 Å². The van der Waals surface area contributed by atoms with Gasteiger partial charge in [-0.3, -0.25) is 4.79 Å². The van der Waals surface area contributed by atoms with Gasteiger partial charge >= 0.3 is 0 Å². The summed E-state index contributed by atoms with van der Waals surface area (Å²) in [7, 11) is 1.60. The van der Waals surface area contributed by atoms with Crippen molar-refractivity contribution in [1.29, 1.82) is 0 Å². The molecule has 1 aromatic carbocycles. The molecule has 1 atom stereocenters. The van der Waals surface area contributed by atoms with Crippen LogP contribution in [0.3, 0.4) is 0 Å². The predicted octanol–water partition coefficient (Wildman–Crippen LogP) is 1.99. The van der Waals surface area contributed by atoms with Crippen LogP contribution in [0.25, 0.3) is 0 Å². The number of rotatable bonds is 3. The summed E-state index contributed by atoms with van der Waals surface area (Å²) in [4.78, 5) is 13.8. The summed E-state index contributed by atoms with van der Waals surface area (Å²) in [6, 6.07) is 5.67. The third kappa shape index (κ3) is 2.18. The monoisotopic (exact) mass is 247 g/mol. The Balaban J connectivity index is 2.42. The summed E-state index contributed by atoms with van der Waals surface area (Å²) in [5.74, 6) is 1.29. The summed E-state index contributed by atoms with van der Waals surface area (Å²) in [6.07, 6.45) is 1.21. The van der Waals surface area contributed by atoms with Gasteiger partial charge in [-0.1, -0.05) is 18.2 Å². The van der Waals surface area contributed by atoms with Crippen molar-refractivity contribution >= 4 is 5.91 Å². The van der Waals surface area contributed by atoms with E-state index in [9.17, 15) is 4.79 Å². The van der Waals surface area contributed by atoms with Gasteiger partial charge in [0, 0.05) is 18.7 Å². The third-order valence-corrected chi connectivity index (χ3v) is 2.95. The summed E-state index contributed by atoms with van der Waals surface area (Å²) >= 11 is 0. The molecule has 0 saturated heterocycles. The van der Waals surface area contributed by atoms with Crippen LogP contribution in [0.1, 0.15) is 12.5 Å². The Morgan fingerprint density at radius 2 is 2.39 bits per heavy atom. The van der Waals surface area contributed by atoms with E-state index in [1.807, 2.05) is 18.2 Å². The Bertz CT molecular complexity index is 470. The Labute approximate surface area is 107 Å². The summed E-state index contributed by atoms with van der Waals surface area (Å²) in [5, 5.41) is 0. The zero-order chi connectivity index (χ0) is 13.1. The lowest BCUT2D eigenvalue weighted by molar-refractivity contribution is -0.137. The number of carbonyl (C=O) groups excluding carboxylic acids is 1. The van der Waals surface area contributed by atoms with Gasteiger partial charge in [-0.2, -0.15) is 0 Å². The largest absolute Gasteiger partial charge is 0.493 e. The number of methoxy groups -OCH3 is 1. The van der Waals surface area contributed by atoms with Gasteiger partial charge in [0.25, 0.3) is 5.91 Å². The first kappa shape index (κ1) is 12.5. The fourth-order valence-corrected chi connectivity index (χ4v) is 2.06. The highest BCUT2D eigenvalue weighted by molar-refractivity contribution is 5.82. The van der Waals surface area contributed by atoms with Crippen molar-refractivity contribution in [2.45, 2.75) is 19.6 Å². The quantitative estimate of drug-likeness (QED) is 0.767. The molecule has 1 aliphatic heterocycles. The van der Waals surface area contributed by atoms with Crippen LogP contribution in [0.15, 0.2) is 30.9 Å².